The second-order valence-corrected chi connectivity index (χ2v) is 3.61. The summed E-state index contributed by atoms with van der Waals surface area (Å²) in [4.78, 5) is 9.00. The van der Waals surface area contributed by atoms with E-state index >= 15 is 0 Å². The number of nitrogens with two attached hydrogens (primary N) is 2. The number of carboxylic acids is 1. The Morgan fingerprint density at radius 2 is 1.78 bits per heavy atom. The molecule has 0 amide bonds. The van der Waals surface area contributed by atoms with E-state index in [9.17, 15) is 0 Å². The van der Waals surface area contributed by atoms with Gasteiger partial charge in [-0.25, -0.2) is 0 Å². The van der Waals surface area contributed by atoms with Crippen molar-refractivity contribution in [2.45, 2.75) is 6.92 Å². The van der Waals surface area contributed by atoms with Crippen molar-refractivity contribution in [1.29, 1.82) is 0 Å². The molecule has 0 aliphatic heterocycles. The summed E-state index contributed by atoms with van der Waals surface area (Å²) in [5.74, 6) is -0.833. The third-order valence-electron chi connectivity index (χ3n) is 1.86. The van der Waals surface area contributed by atoms with Crippen LogP contribution in [-0.2, 0) is 4.79 Å². The van der Waals surface area contributed by atoms with Crippen molar-refractivity contribution in [3.63, 3.8) is 0 Å². The van der Waals surface area contributed by atoms with Gasteiger partial charge < -0.3 is 27.2 Å². The standard InChI is InChI=1S/C10H18N4.C2H4O2/c11-5-6-13-7-8-14-10-3-1-9(12)2-4-10;1-2(3)4/h1-4,13-14H,5-8,11-12H2;1H3,(H,3,4). The van der Waals surface area contributed by atoms with Crippen LogP contribution in [0.3, 0.4) is 0 Å². The largest absolute Gasteiger partial charge is 0.481 e. The lowest BCUT2D eigenvalue weighted by Gasteiger charge is -2.07. The number of carbonyl (C=O) groups is 1. The Labute approximate surface area is 107 Å². The number of rotatable bonds is 6. The van der Waals surface area contributed by atoms with Gasteiger partial charge in [0, 0.05) is 44.5 Å². The zero-order valence-corrected chi connectivity index (χ0v) is 10.6. The fourth-order valence-corrected chi connectivity index (χ4v) is 1.12. The maximum absolute atomic E-state index is 9.00. The molecule has 7 N–H and O–H groups in total. The van der Waals surface area contributed by atoms with Gasteiger partial charge in [-0.05, 0) is 24.3 Å². The summed E-state index contributed by atoms with van der Waals surface area (Å²) >= 11 is 0. The van der Waals surface area contributed by atoms with Gasteiger partial charge in [0.25, 0.3) is 5.97 Å². The highest BCUT2D eigenvalue weighted by atomic mass is 16.4. The van der Waals surface area contributed by atoms with Crippen molar-refractivity contribution in [1.82, 2.24) is 5.32 Å². The zero-order valence-electron chi connectivity index (χ0n) is 10.6. The molecule has 0 fully saturated rings. The fraction of sp³-hybridized carbons (Fsp3) is 0.417. The molecule has 1 aromatic carbocycles. The number of aliphatic carboxylic acids is 1. The van der Waals surface area contributed by atoms with Gasteiger partial charge in [-0.3, -0.25) is 4.79 Å². The molecule has 1 rings (SSSR count). The Balaban J connectivity index is 0.000000631. The molecule has 102 valence electrons. The molecule has 0 aliphatic rings. The van der Waals surface area contributed by atoms with Crippen LogP contribution in [0.25, 0.3) is 0 Å². The lowest BCUT2D eigenvalue weighted by molar-refractivity contribution is -0.134. The van der Waals surface area contributed by atoms with Crippen LogP contribution in [-0.4, -0.2) is 37.3 Å². The topological polar surface area (TPSA) is 113 Å². The van der Waals surface area contributed by atoms with E-state index in [0.717, 1.165) is 37.9 Å². The van der Waals surface area contributed by atoms with E-state index < -0.39 is 5.97 Å². The molecule has 0 aromatic heterocycles. The Kier molecular flexibility index (Phi) is 9.34. The summed E-state index contributed by atoms with van der Waals surface area (Å²) in [6.07, 6.45) is 0. The molecule has 0 bridgehead atoms. The average molecular weight is 254 g/mol. The minimum absolute atomic E-state index is 0.682. The Bertz CT molecular complexity index is 323. The number of anilines is 2. The summed E-state index contributed by atoms with van der Waals surface area (Å²) in [5, 5.41) is 13.9. The highest BCUT2D eigenvalue weighted by Crippen LogP contribution is 2.09. The lowest BCUT2D eigenvalue weighted by atomic mass is 10.3. The Morgan fingerprint density at radius 3 is 2.28 bits per heavy atom. The van der Waals surface area contributed by atoms with Crippen LogP contribution in [0.15, 0.2) is 24.3 Å². The minimum Gasteiger partial charge on any atom is -0.481 e. The molecule has 1 aromatic rings. The molecule has 0 atom stereocenters. The van der Waals surface area contributed by atoms with E-state index in [4.69, 9.17) is 21.4 Å². The van der Waals surface area contributed by atoms with E-state index in [-0.39, 0.29) is 0 Å². The smallest absolute Gasteiger partial charge is 0.300 e. The SMILES string of the molecule is CC(=O)O.NCCNCCNc1ccc(N)cc1. The summed E-state index contributed by atoms with van der Waals surface area (Å²) < 4.78 is 0. The molecule has 0 saturated carbocycles. The third kappa shape index (κ3) is 10.7. The lowest BCUT2D eigenvalue weighted by Crippen LogP contribution is -2.27. The van der Waals surface area contributed by atoms with Gasteiger partial charge in [0.1, 0.15) is 0 Å². The van der Waals surface area contributed by atoms with E-state index in [1.165, 1.54) is 0 Å². The monoisotopic (exact) mass is 254 g/mol. The van der Waals surface area contributed by atoms with E-state index in [1.54, 1.807) is 0 Å². The first kappa shape index (κ1) is 16.2. The highest BCUT2D eigenvalue weighted by molar-refractivity contribution is 5.62. The van der Waals surface area contributed by atoms with Crippen LogP contribution < -0.4 is 22.1 Å². The molecule has 0 unspecified atom stereocenters. The van der Waals surface area contributed by atoms with Gasteiger partial charge in [0.15, 0.2) is 0 Å². The number of nitrogens with one attached hydrogen (secondary N) is 2. The van der Waals surface area contributed by atoms with Crippen LogP contribution in [0.2, 0.25) is 0 Å². The van der Waals surface area contributed by atoms with Crippen molar-refractivity contribution in [2.75, 3.05) is 37.2 Å². The van der Waals surface area contributed by atoms with Crippen LogP contribution in [0.1, 0.15) is 6.92 Å². The first-order chi connectivity index (χ1) is 8.56. The number of hydrogen-bond acceptors (Lipinski definition) is 5. The zero-order chi connectivity index (χ0) is 13.8. The van der Waals surface area contributed by atoms with Gasteiger partial charge in [-0.1, -0.05) is 0 Å². The third-order valence-corrected chi connectivity index (χ3v) is 1.86. The van der Waals surface area contributed by atoms with Crippen LogP contribution >= 0.6 is 0 Å². The second kappa shape index (κ2) is 10.4. The number of benzene rings is 1. The molecule has 0 saturated heterocycles. The van der Waals surface area contributed by atoms with E-state index in [1.807, 2.05) is 24.3 Å². The highest BCUT2D eigenvalue weighted by Gasteiger charge is 1.90. The molecular formula is C12H22N4O2. The quantitative estimate of drug-likeness (QED) is 0.369. The van der Waals surface area contributed by atoms with Crippen molar-refractivity contribution >= 4 is 17.3 Å². The molecule has 0 aliphatic carbocycles. The molecular weight excluding hydrogens is 232 g/mol. The Morgan fingerprint density at radius 1 is 1.22 bits per heavy atom. The molecule has 6 heteroatoms. The van der Waals surface area contributed by atoms with Gasteiger partial charge in [0.05, 0.1) is 0 Å². The fourth-order valence-electron chi connectivity index (χ4n) is 1.12. The summed E-state index contributed by atoms with van der Waals surface area (Å²) in [7, 11) is 0. The maximum Gasteiger partial charge on any atom is 0.300 e. The van der Waals surface area contributed by atoms with E-state index in [0.29, 0.717) is 6.54 Å². The number of nitrogen functional groups attached to an aromatic ring is 1. The average Bonchev–Trinajstić information content (AvgIpc) is 2.30. The first-order valence-electron chi connectivity index (χ1n) is 5.76. The van der Waals surface area contributed by atoms with Gasteiger partial charge in [0.2, 0.25) is 0 Å². The number of hydrogen-bond donors (Lipinski definition) is 5. The van der Waals surface area contributed by atoms with Gasteiger partial charge in [-0.2, -0.15) is 0 Å². The normalized spacial score (nSPS) is 9.22. The van der Waals surface area contributed by atoms with Crippen LogP contribution in [0, 0.1) is 0 Å². The van der Waals surface area contributed by atoms with Crippen molar-refractivity contribution < 1.29 is 9.90 Å². The maximum atomic E-state index is 9.00. The van der Waals surface area contributed by atoms with Crippen LogP contribution in [0.5, 0.6) is 0 Å². The van der Waals surface area contributed by atoms with Crippen LogP contribution in [0.4, 0.5) is 11.4 Å². The summed E-state index contributed by atoms with van der Waals surface area (Å²) in [6.45, 7) is 4.44. The van der Waals surface area contributed by atoms with Crippen molar-refractivity contribution in [2.24, 2.45) is 5.73 Å². The molecule has 0 spiro atoms. The molecule has 18 heavy (non-hydrogen) atoms. The Hall–Kier alpha value is -1.79. The number of carboxylic acid groups (broad SMARTS) is 1. The van der Waals surface area contributed by atoms with Gasteiger partial charge in [-0.15, -0.1) is 0 Å². The molecule has 6 nitrogen and oxygen atoms in total. The first-order valence-corrected chi connectivity index (χ1v) is 5.76. The minimum atomic E-state index is -0.833. The predicted molar refractivity (Wildman–Crippen MR) is 74.6 cm³/mol. The van der Waals surface area contributed by atoms with E-state index in [2.05, 4.69) is 10.6 Å². The second-order valence-electron chi connectivity index (χ2n) is 3.61. The molecule has 0 radical (unpaired) electrons. The summed E-state index contributed by atoms with van der Waals surface area (Å²) in [5.41, 5.74) is 12.8. The summed E-state index contributed by atoms with van der Waals surface area (Å²) in [6, 6.07) is 7.71. The predicted octanol–water partition coefficient (Wildman–Crippen LogP) is 0.320. The van der Waals surface area contributed by atoms with Gasteiger partial charge >= 0.3 is 0 Å². The molecule has 0 heterocycles. The van der Waals surface area contributed by atoms with Crippen molar-refractivity contribution in [3.8, 4) is 0 Å². The van der Waals surface area contributed by atoms with Crippen molar-refractivity contribution in [3.05, 3.63) is 24.3 Å².